The van der Waals surface area contributed by atoms with Crippen molar-refractivity contribution < 1.29 is 14.4 Å². The van der Waals surface area contributed by atoms with E-state index in [1.54, 1.807) is 18.2 Å². The van der Waals surface area contributed by atoms with E-state index < -0.39 is 0 Å². The molecular weight excluding hydrogens is 388 g/mol. The van der Waals surface area contributed by atoms with Gasteiger partial charge in [0.25, 0.3) is 5.91 Å². The van der Waals surface area contributed by atoms with Gasteiger partial charge in [-0.1, -0.05) is 24.3 Å². The number of amides is 3. The molecule has 0 atom stereocenters. The summed E-state index contributed by atoms with van der Waals surface area (Å²) >= 11 is 1.35. The van der Waals surface area contributed by atoms with Gasteiger partial charge in [-0.3, -0.25) is 19.7 Å². The lowest BCUT2D eigenvalue weighted by Gasteiger charge is -2.04. The lowest BCUT2D eigenvalue weighted by Crippen LogP contribution is -2.18. The van der Waals surface area contributed by atoms with Crippen LogP contribution >= 0.6 is 11.3 Å². The van der Waals surface area contributed by atoms with Crippen molar-refractivity contribution in [1.29, 1.82) is 0 Å². The normalized spacial score (nSPS) is 12.2. The van der Waals surface area contributed by atoms with E-state index in [1.165, 1.54) is 18.3 Å². The summed E-state index contributed by atoms with van der Waals surface area (Å²) < 4.78 is 0. The number of hydrogen-bond acceptors (Lipinski definition) is 5. The first-order valence-electron chi connectivity index (χ1n) is 9.01. The van der Waals surface area contributed by atoms with Crippen molar-refractivity contribution in [3.8, 4) is 11.3 Å². The molecule has 3 N–H and O–H groups in total. The zero-order valence-corrected chi connectivity index (χ0v) is 16.4. The second kappa shape index (κ2) is 7.84. The van der Waals surface area contributed by atoms with Crippen LogP contribution in [0, 0.1) is 0 Å². The summed E-state index contributed by atoms with van der Waals surface area (Å²) in [7, 11) is 0. The second-order valence-electron chi connectivity index (χ2n) is 6.70. The van der Waals surface area contributed by atoms with Crippen molar-refractivity contribution >= 4 is 39.9 Å². The predicted molar refractivity (Wildman–Crippen MR) is 112 cm³/mol. The van der Waals surface area contributed by atoms with Crippen molar-refractivity contribution in [2.75, 3.05) is 10.6 Å². The van der Waals surface area contributed by atoms with Gasteiger partial charge in [0.15, 0.2) is 5.13 Å². The van der Waals surface area contributed by atoms with Crippen LogP contribution < -0.4 is 16.0 Å². The van der Waals surface area contributed by atoms with Crippen LogP contribution in [0.4, 0.5) is 10.8 Å². The summed E-state index contributed by atoms with van der Waals surface area (Å²) in [4.78, 5) is 39.5. The molecule has 0 saturated heterocycles. The smallest absolute Gasteiger partial charge is 0.257 e. The zero-order chi connectivity index (χ0) is 20.4. The maximum atomic E-state index is 12.5. The molecular formula is C21H18N4O3S. The number of nitrogens with one attached hydrogen (secondary N) is 3. The van der Waals surface area contributed by atoms with Crippen LogP contribution in [0.3, 0.4) is 0 Å². The molecule has 0 fully saturated rings. The molecule has 1 aromatic heterocycles. The number of hydrogen-bond donors (Lipinski definition) is 3. The fraction of sp³-hybridized carbons (Fsp3) is 0.143. The zero-order valence-electron chi connectivity index (χ0n) is 15.6. The standard InChI is InChI=1S/C21H18N4O3S/c1-12(26)22-10-13-2-4-14(5-3-13)18-11-29-21(24-18)25-20(28)15-6-7-17-16(8-15)9-19(27)23-17/h2-8,11H,9-10H2,1H3,(H,22,26)(H,23,27)(H,24,25,28). The molecule has 2 aromatic carbocycles. The molecule has 8 heteroatoms. The van der Waals surface area contributed by atoms with Crippen LogP contribution in [-0.2, 0) is 22.6 Å². The first-order valence-corrected chi connectivity index (χ1v) is 9.89. The molecule has 146 valence electrons. The molecule has 3 amide bonds. The van der Waals surface area contributed by atoms with Gasteiger partial charge in [-0.05, 0) is 29.3 Å². The van der Waals surface area contributed by atoms with Crippen LogP contribution in [0.2, 0.25) is 0 Å². The van der Waals surface area contributed by atoms with Crippen molar-refractivity contribution in [1.82, 2.24) is 10.3 Å². The highest BCUT2D eigenvalue weighted by Gasteiger charge is 2.19. The molecule has 0 bridgehead atoms. The summed E-state index contributed by atoms with van der Waals surface area (Å²) in [6, 6.07) is 12.9. The molecule has 29 heavy (non-hydrogen) atoms. The van der Waals surface area contributed by atoms with Crippen LogP contribution in [0.15, 0.2) is 47.8 Å². The Morgan fingerprint density at radius 3 is 2.72 bits per heavy atom. The maximum Gasteiger partial charge on any atom is 0.257 e. The highest BCUT2D eigenvalue weighted by Crippen LogP contribution is 2.27. The lowest BCUT2D eigenvalue weighted by molar-refractivity contribution is -0.119. The van der Waals surface area contributed by atoms with Gasteiger partial charge in [0.1, 0.15) is 0 Å². The average Bonchev–Trinajstić information content (AvgIpc) is 3.31. The number of rotatable bonds is 5. The second-order valence-corrected chi connectivity index (χ2v) is 7.55. The SMILES string of the molecule is CC(=O)NCc1ccc(-c2csc(NC(=O)c3ccc4c(c3)CC(=O)N4)n2)cc1. The van der Waals surface area contributed by atoms with E-state index in [1.807, 2.05) is 29.6 Å². The lowest BCUT2D eigenvalue weighted by atomic mass is 10.1. The number of thiazole rings is 1. The van der Waals surface area contributed by atoms with Crippen LogP contribution in [0.25, 0.3) is 11.3 Å². The molecule has 1 aliphatic heterocycles. The molecule has 0 spiro atoms. The molecule has 2 heterocycles. The summed E-state index contributed by atoms with van der Waals surface area (Å²) in [6.07, 6.45) is 0.287. The van der Waals surface area contributed by atoms with Crippen molar-refractivity contribution in [2.24, 2.45) is 0 Å². The van der Waals surface area contributed by atoms with Gasteiger partial charge in [-0.15, -0.1) is 11.3 Å². The van der Waals surface area contributed by atoms with Crippen LogP contribution in [0.1, 0.15) is 28.4 Å². The van der Waals surface area contributed by atoms with Crippen molar-refractivity contribution in [3.63, 3.8) is 0 Å². The first-order chi connectivity index (χ1) is 14.0. The highest BCUT2D eigenvalue weighted by molar-refractivity contribution is 7.14. The number of aromatic nitrogens is 1. The first kappa shape index (κ1) is 18.8. The highest BCUT2D eigenvalue weighted by atomic mass is 32.1. The fourth-order valence-electron chi connectivity index (χ4n) is 3.02. The Morgan fingerprint density at radius 1 is 1.17 bits per heavy atom. The summed E-state index contributed by atoms with van der Waals surface area (Å²) in [5, 5.41) is 10.7. The third kappa shape index (κ3) is 4.33. The van der Waals surface area contributed by atoms with E-state index in [4.69, 9.17) is 0 Å². The average molecular weight is 406 g/mol. The largest absolute Gasteiger partial charge is 0.352 e. The van der Waals surface area contributed by atoms with Crippen LogP contribution in [-0.4, -0.2) is 22.7 Å². The van der Waals surface area contributed by atoms with Gasteiger partial charge < -0.3 is 10.6 Å². The van der Waals surface area contributed by atoms with Crippen molar-refractivity contribution in [2.45, 2.75) is 19.9 Å². The molecule has 0 saturated carbocycles. The van der Waals surface area contributed by atoms with Crippen LogP contribution in [0.5, 0.6) is 0 Å². The van der Waals surface area contributed by atoms with Crippen molar-refractivity contribution in [3.05, 3.63) is 64.5 Å². The van der Waals surface area contributed by atoms with Gasteiger partial charge in [-0.2, -0.15) is 0 Å². The number of nitrogens with zero attached hydrogens (tertiary/aromatic N) is 1. The van der Waals surface area contributed by atoms with E-state index >= 15 is 0 Å². The monoisotopic (exact) mass is 406 g/mol. The Bertz CT molecular complexity index is 1110. The minimum Gasteiger partial charge on any atom is -0.352 e. The Balaban J connectivity index is 1.43. The maximum absolute atomic E-state index is 12.5. The summed E-state index contributed by atoms with van der Waals surface area (Å²) in [5.74, 6) is -0.399. The van der Waals surface area contributed by atoms with E-state index in [-0.39, 0.29) is 24.1 Å². The topological polar surface area (TPSA) is 100 Å². The number of fused-ring (bicyclic) bond motifs is 1. The van der Waals surface area contributed by atoms with E-state index in [9.17, 15) is 14.4 Å². The van der Waals surface area contributed by atoms with E-state index in [0.717, 1.165) is 28.1 Å². The molecule has 0 aliphatic carbocycles. The number of carbonyl (C=O) groups excluding carboxylic acids is 3. The molecule has 7 nitrogen and oxygen atoms in total. The Labute approximate surface area is 171 Å². The number of carbonyl (C=O) groups is 3. The van der Waals surface area contributed by atoms with Gasteiger partial charge in [0.2, 0.25) is 11.8 Å². The Hall–Kier alpha value is -3.52. The molecule has 1 aliphatic rings. The summed E-state index contributed by atoms with van der Waals surface area (Å²) in [6.45, 7) is 1.97. The molecule has 0 unspecified atom stereocenters. The Kier molecular flexibility index (Phi) is 5.09. The molecule has 4 rings (SSSR count). The van der Waals surface area contributed by atoms with E-state index in [2.05, 4.69) is 20.9 Å². The van der Waals surface area contributed by atoms with Gasteiger partial charge >= 0.3 is 0 Å². The molecule has 3 aromatic rings. The summed E-state index contributed by atoms with van der Waals surface area (Å²) in [5.41, 5.74) is 4.75. The predicted octanol–water partition coefficient (Wildman–Crippen LogP) is 3.19. The third-order valence-corrected chi connectivity index (χ3v) is 5.27. The third-order valence-electron chi connectivity index (χ3n) is 4.51. The molecule has 0 radical (unpaired) electrons. The minimum atomic E-state index is -0.265. The number of benzene rings is 2. The van der Waals surface area contributed by atoms with Gasteiger partial charge in [0.05, 0.1) is 12.1 Å². The Morgan fingerprint density at radius 2 is 1.97 bits per heavy atom. The fourth-order valence-corrected chi connectivity index (χ4v) is 3.74. The number of anilines is 2. The van der Waals surface area contributed by atoms with Gasteiger partial charge in [-0.25, -0.2) is 4.98 Å². The van der Waals surface area contributed by atoms with Gasteiger partial charge in [0, 0.05) is 35.7 Å². The van der Waals surface area contributed by atoms with E-state index in [0.29, 0.717) is 17.2 Å². The quantitative estimate of drug-likeness (QED) is 0.606. The minimum absolute atomic E-state index is 0.0646.